The Labute approximate surface area is 127 Å². The summed E-state index contributed by atoms with van der Waals surface area (Å²) in [6.45, 7) is 8.00. The standard InChI is InChI=1S/C17H26N2O2/c1-2-17(20)15-5-3-4-6-16(15)19-8-7-14(13-19)18-9-11-21-12-10-18/h3-6,14,17,20H,2,7-13H2,1H3/t14?,17-/m1/s1. The average Bonchev–Trinajstić information content (AvgIpc) is 3.05. The molecule has 2 saturated heterocycles. The summed E-state index contributed by atoms with van der Waals surface area (Å²) in [4.78, 5) is 5.00. The van der Waals surface area contributed by atoms with Crippen molar-refractivity contribution in [2.24, 2.45) is 0 Å². The summed E-state index contributed by atoms with van der Waals surface area (Å²) >= 11 is 0. The zero-order chi connectivity index (χ0) is 14.7. The van der Waals surface area contributed by atoms with Gasteiger partial charge in [-0.25, -0.2) is 0 Å². The molecule has 1 aromatic carbocycles. The third-order valence-corrected chi connectivity index (χ3v) is 4.75. The molecule has 0 saturated carbocycles. The van der Waals surface area contributed by atoms with Gasteiger partial charge in [0.2, 0.25) is 0 Å². The highest BCUT2D eigenvalue weighted by atomic mass is 16.5. The molecule has 0 aromatic heterocycles. The third kappa shape index (κ3) is 3.23. The van der Waals surface area contributed by atoms with Crippen molar-refractivity contribution in [1.82, 2.24) is 4.90 Å². The van der Waals surface area contributed by atoms with Gasteiger partial charge < -0.3 is 14.7 Å². The van der Waals surface area contributed by atoms with Crippen LogP contribution in [0.2, 0.25) is 0 Å². The molecular weight excluding hydrogens is 264 g/mol. The molecule has 3 rings (SSSR count). The van der Waals surface area contributed by atoms with E-state index in [9.17, 15) is 5.11 Å². The molecule has 1 N–H and O–H groups in total. The Morgan fingerprint density at radius 1 is 1.24 bits per heavy atom. The van der Waals surface area contributed by atoms with Gasteiger partial charge in [0.05, 0.1) is 19.3 Å². The maximum Gasteiger partial charge on any atom is 0.0807 e. The van der Waals surface area contributed by atoms with E-state index in [1.807, 2.05) is 13.0 Å². The highest BCUT2D eigenvalue weighted by molar-refractivity contribution is 5.55. The second-order valence-electron chi connectivity index (χ2n) is 6.02. The van der Waals surface area contributed by atoms with Gasteiger partial charge in [-0.15, -0.1) is 0 Å². The summed E-state index contributed by atoms with van der Waals surface area (Å²) in [7, 11) is 0. The van der Waals surface area contributed by atoms with Crippen LogP contribution in [0.25, 0.3) is 0 Å². The summed E-state index contributed by atoms with van der Waals surface area (Å²) in [6, 6.07) is 8.93. The van der Waals surface area contributed by atoms with Crippen LogP contribution in [0, 0.1) is 0 Å². The predicted molar refractivity (Wildman–Crippen MR) is 84.7 cm³/mol. The first kappa shape index (κ1) is 14.8. The highest BCUT2D eigenvalue weighted by Gasteiger charge is 2.30. The summed E-state index contributed by atoms with van der Waals surface area (Å²) in [5.74, 6) is 0. The van der Waals surface area contributed by atoms with E-state index in [1.165, 1.54) is 12.1 Å². The van der Waals surface area contributed by atoms with E-state index < -0.39 is 0 Å². The maximum atomic E-state index is 10.2. The first-order valence-corrected chi connectivity index (χ1v) is 8.13. The van der Waals surface area contributed by atoms with Crippen LogP contribution >= 0.6 is 0 Å². The monoisotopic (exact) mass is 290 g/mol. The fourth-order valence-corrected chi connectivity index (χ4v) is 3.48. The van der Waals surface area contributed by atoms with Crippen molar-refractivity contribution >= 4 is 5.69 Å². The minimum absolute atomic E-state index is 0.358. The van der Waals surface area contributed by atoms with Crippen LogP contribution in [0.5, 0.6) is 0 Å². The number of morpholine rings is 1. The van der Waals surface area contributed by atoms with Gasteiger partial charge in [0.1, 0.15) is 0 Å². The van der Waals surface area contributed by atoms with Crippen molar-refractivity contribution in [3.63, 3.8) is 0 Å². The van der Waals surface area contributed by atoms with Crippen LogP contribution in [0.4, 0.5) is 5.69 Å². The normalized spacial score (nSPS) is 25.2. The Bertz CT molecular complexity index is 460. The lowest BCUT2D eigenvalue weighted by Crippen LogP contribution is -2.44. The van der Waals surface area contributed by atoms with Crippen LogP contribution in [-0.4, -0.2) is 55.4 Å². The number of nitrogens with zero attached hydrogens (tertiary/aromatic N) is 2. The number of aliphatic hydroxyl groups excluding tert-OH is 1. The molecule has 1 aromatic rings. The first-order valence-electron chi connectivity index (χ1n) is 8.13. The Morgan fingerprint density at radius 2 is 2.00 bits per heavy atom. The molecule has 116 valence electrons. The minimum Gasteiger partial charge on any atom is -0.388 e. The Morgan fingerprint density at radius 3 is 2.76 bits per heavy atom. The zero-order valence-electron chi connectivity index (χ0n) is 12.9. The average molecular weight is 290 g/mol. The summed E-state index contributed by atoms with van der Waals surface area (Å²) in [6.07, 6.45) is 1.61. The molecule has 0 bridgehead atoms. The van der Waals surface area contributed by atoms with E-state index in [0.29, 0.717) is 6.04 Å². The number of anilines is 1. The smallest absolute Gasteiger partial charge is 0.0807 e. The first-order chi connectivity index (χ1) is 10.3. The van der Waals surface area contributed by atoms with E-state index >= 15 is 0 Å². The Kier molecular flexibility index (Phi) is 4.78. The molecule has 2 fully saturated rings. The lowest BCUT2D eigenvalue weighted by molar-refractivity contribution is 0.0209. The number of hydrogen-bond donors (Lipinski definition) is 1. The molecule has 0 radical (unpaired) electrons. The largest absolute Gasteiger partial charge is 0.388 e. The SMILES string of the molecule is CC[C@@H](O)c1ccccc1N1CCC(N2CCOCC2)C1. The molecule has 1 unspecified atom stereocenters. The highest BCUT2D eigenvalue weighted by Crippen LogP contribution is 2.31. The van der Waals surface area contributed by atoms with Gasteiger partial charge in [-0.05, 0) is 18.9 Å². The van der Waals surface area contributed by atoms with Gasteiger partial charge in [-0.1, -0.05) is 25.1 Å². The molecule has 2 aliphatic heterocycles. The van der Waals surface area contributed by atoms with Crippen molar-refractivity contribution < 1.29 is 9.84 Å². The fraction of sp³-hybridized carbons (Fsp3) is 0.647. The van der Waals surface area contributed by atoms with Crippen LogP contribution in [0.15, 0.2) is 24.3 Å². The van der Waals surface area contributed by atoms with Crippen molar-refractivity contribution in [1.29, 1.82) is 0 Å². The molecule has 4 heteroatoms. The summed E-state index contributed by atoms with van der Waals surface area (Å²) in [5.41, 5.74) is 2.28. The molecule has 21 heavy (non-hydrogen) atoms. The Hall–Kier alpha value is -1.10. The summed E-state index contributed by atoms with van der Waals surface area (Å²) < 4.78 is 5.45. The molecular formula is C17H26N2O2. The van der Waals surface area contributed by atoms with Crippen LogP contribution in [-0.2, 0) is 4.74 Å². The Balaban J connectivity index is 1.71. The fourth-order valence-electron chi connectivity index (χ4n) is 3.48. The van der Waals surface area contributed by atoms with Gasteiger partial charge >= 0.3 is 0 Å². The third-order valence-electron chi connectivity index (χ3n) is 4.75. The lowest BCUT2D eigenvalue weighted by Gasteiger charge is -2.32. The van der Waals surface area contributed by atoms with E-state index in [4.69, 9.17) is 4.74 Å². The second kappa shape index (κ2) is 6.77. The second-order valence-corrected chi connectivity index (χ2v) is 6.02. The van der Waals surface area contributed by atoms with E-state index in [1.54, 1.807) is 0 Å². The number of benzene rings is 1. The number of ether oxygens (including phenoxy) is 1. The van der Waals surface area contributed by atoms with Crippen LogP contribution in [0.3, 0.4) is 0 Å². The predicted octanol–water partition coefficient (Wildman–Crippen LogP) is 2.04. The quantitative estimate of drug-likeness (QED) is 0.920. The van der Waals surface area contributed by atoms with Gasteiger partial charge in [0, 0.05) is 43.5 Å². The number of hydrogen-bond acceptors (Lipinski definition) is 4. The van der Waals surface area contributed by atoms with Crippen molar-refractivity contribution in [3.05, 3.63) is 29.8 Å². The molecule has 0 spiro atoms. The van der Waals surface area contributed by atoms with Crippen molar-refractivity contribution in [2.75, 3.05) is 44.3 Å². The minimum atomic E-state index is -0.358. The summed E-state index contributed by atoms with van der Waals surface area (Å²) in [5, 5.41) is 10.2. The number of aliphatic hydroxyl groups is 1. The molecule has 2 aliphatic rings. The number of rotatable bonds is 4. The van der Waals surface area contributed by atoms with Crippen molar-refractivity contribution in [3.8, 4) is 0 Å². The molecule has 0 amide bonds. The van der Waals surface area contributed by atoms with Crippen molar-refractivity contribution in [2.45, 2.75) is 31.9 Å². The molecule has 2 heterocycles. The molecule has 4 nitrogen and oxygen atoms in total. The van der Waals surface area contributed by atoms with E-state index in [2.05, 4.69) is 28.0 Å². The van der Waals surface area contributed by atoms with Gasteiger partial charge in [0.25, 0.3) is 0 Å². The topological polar surface area (TPSA) is 35.9 Å². The maximum absolute atomic E-state index is 10.2. The lowest BCUT2D eigenvalue weighted by atomic mass is 10.0. The van der Waals surface area contributed by atoms with Gasteiger partial charge in [-0.3, -0.25) is 4.90 Å². The van der Waals surface area contributed by atoms with Crippen LogP contribution in [0.1, 0.15) is 31.4 Å². The molecule has 2 atom stereocenters. The van der Waals surface area contributed by atoms with E-state index in [-0.39, 0.29) is 6.10 Å². The van der Waals surface area contributed by atoms with E-state index in [0.717, 1.165) is 51.4 Å². The van der Waals surface area contributed by atoms with Gasteiger partial charge in [0.15, 0.2) is 0 Å². The van der Waals surface area contributed by atoms with Crippen LogP contribution < -0.4 is 4.90 Å². The molecule has 0 aliphatic carbocycles. The number of para-hydroxylation sites is 1. The zero-order valence-corrected chi connectivity index (χ0v) is 12.9. The van der Waals surface area contributed by atoms with Gasteiger partial charge in [-0.2, -0.15) is 0 Å².